The molecule has 2 aliphatic carbocycles. The fourth-order valence-electron chi connectivity index (χ4n) is 5.18. The Bertz CT molecular complexity index is 1230. The monoisotopic (exact) mass is 478 g/mol. The molecule has 2 fully saturated rings. The Labute approximate surface area is 203 Å². The van der Waals surface area contributed by atoms with E-state index in [1.54, 1.807) is 29.1 Å². The number of carbonyl (C=O) groups is 2. The number of hydrogen-bond donors (Lipinski definition) is 3. The molecule has 184 valence electrons. The van der Waals surface area contributed by atoms with Crippen molar-refractivity contribution >= 4 is 17.5 Å². The lowest BCUT2D eigenvalue weighted by molar-refractivity contribution is -0.119. The summed E-state index contributed by atoms with van der Waals surface area (Å²) in [7, 11) is 0. The predicted octanol–water partition coefficient (Wildman–Crippen LogP) is 4.22. The van der Waals surface area contributed by atoms with E-state index in [2.05, 4.69) is 25.9 Å². The molecule has 35 heavy (non-hydrogen) atoms. The van der Waals surface area contributed by atoms with Crippen LogP contribution in [0, 0.1) is 37.4 Å². The van der Waals surface area contributed by atoms with Gasteiger partial charge in [0.1, 0.15) is 17.6 Å². The number of nitrogens with zero attached hydrogens (tertiary/aromatic N) is 3. The summed E-state index contributed by atoms with van der Waals surface area (Å²) in [5, 5.41) is 17.1. The standard InChI is InChI=1S/C26H31FN6O2/c1-4-33-21(11-12-28-33)25(34)30-24(23(16-5-6-16)17-7-8-17)26(35)29-18-9-10-19(20(27)13-18)22-14(2)31-32-15(22)3/h9-13,16-17,23-24H,4-8H2,1-3H3,(H,29,35)(H,30,34)(H,31,32)/t24-/m0/s1. The Morgan fingerprint density at radius 3 is 2.46 bits per heavy atom. The summed E-state index contributed by atoms with van der Waals surface area (Å²) in [6.07, 6.45) is 5.86. The first-order valence-corrected chi connectivity index (χ1v) is 12.3. The van der Waals surface area contributed by atoms with Crippen LogP contribution < -0.4 is 10.6 Å². The Balaban J connectivity index is 1.38. The molecule has 2 heterocycles. The van der Waals surface area contributed by atoms with Crippen molar-refractivity contribution in [3.05, 3.63) is 53.4 Å². The number of anilines is 1. The molecule has 9 heteroatoms. The summed E-state index contributed by atoms with van der Waals surface area (Å²) in [5.74, 6) is -0.126. The number of aromatic nitrogens is 4. The van der Waals surface area contributed by atoms with Gasteiger partial charge < -0.3 is 10.6 Å². The molecule has 5 rings (SSSR count). The zero-order chi connectivity index (χ0) is 24.7. The first kappa shape index (κ1) is 23.3. The second-order valence-electron chi connectivity index (χ2n) is 9.73. The SMILES string of the molecule is CCn1nccc1C(=O)N[C@H](C(=O)Nc1ccc(-c2c(C)n[nH]c2C)c(F)c1)C(C1CC1)C1CC1. The topological polar surface area (TPSA) is 105 Å². The Morgan fingerprint density at radius 2 is 1.89 bits per heavy atom. The molecule has 2 aromatic heterocycles. The van der Waals surface area contributed by atoms with Crippen LogP contribution in [-0.2, 0) is 11.3 Å². The lowest BCUT2D eigenvalue weighted by atomic mass is 9.88. The van der Waals surface area contributed by atoms with Crippen LogP contribution in [0.4, 0.5) is 10.1 Å². The van der Waals surface area contributed by atoms with Crippen LogP contribution in [0.1, 0.15) is 54.5 Å². The van der Waals surface area contributed by atoms with Crippen molar-refractivity contribution in [1.29, 1.82) is 0 Å². The van der Waals surface area contributed by atoms with Gasteiger partial charge in [0.2, 0.25) is 5.91 Å². The van der Waals surface area contributed by atoms with E-state index < -0.39 is 11.9 Å². The molecular formula is C26H31FN6O2. The third kappa shape index (κ3) is 4.72. The van der Waals surface area contributed by atoms with E-state index >= 15 is 4.39 Å². The van der Waals surface area contributed by atoms with Crippen molar-refractivity contribution in [2.24, 2.45) is 17.8 Å². The van der Waals surface area contributed by atoms with Crippen molar-refractivity contribution in [3.63, 3.8) is 0 Å². The number of hydrogen-bond acceptors (Lipinski definition) is 4. The smallest absolute Gasteiger partial charge is 0.270 e. The maximum Gasteiger partial charge on any atom is 0.270 e. The van der Waals surface area contributed by atoms with Crippen molar-refractivity contribution in [3.8, 4) is 11.1 Å². The van der Waals surface area contributed by atoms with Crippen LogP contribution in [0.3, 0.4) is 0 Å². The molecule has 2 amide bonds. The van der Waals surface area contributed by atoms with Gasteiger partial charge in [-0.1, -0.05) is 0 Å². The summed E-state index contributed by atoms with van der Waals surface area (Å²) < 4.78 is 16.7. The number of aryl methyl sites for hydroxylation is 3. The van der Waals surface area contributed by atoms with Gasteiger partial charge in [0.25, 0.3) is 5.91 Å². The number of nitrogens with one attached hydrogen (secondary N) is 3. The molecule has 0 unspecified atom stereocenters. The van der Waals surface area contributed by atoms with E-state index in [0.29, 0.717) is 41.0 Å². The van der Waals surface area contributed by atoms with Crippen LogP contribution in [0.2, 0.25) is 0 Å². The maximum absolute atomic E-state index is 15.1. The summed E-state index contributed by atoms with van der Waals surface area (Å²) in [4.78, 5) is 26.6. The number of amides is 2. The molecule has 1 aromatic carbocycles. The molecule has 3 N–H and O–H groups in total. The van der Waals surface area contributed by atoms with Gasteiger partial charge in [-0.3, -0.25) is 19.4 Å². The summed E-state index contributed by atoms with van der Waals surface area (Å²) in [6.45, 7) is 6.14. The van der Waals surface area contributed by atoms with E-state index in [9.17, 15) is 9.59 Å². The predicted molar refractivity (Wildman–Crippen MR) is 130 cm³/mol. The molecule has 2 saturated carbocycles. The highest BCUT2D eigenvalue weighted by Crippen LogP contribution is 2.51. The van der Waals surface area contributed by atoms with Gasteiger partial charge in [0.05, 0.1) is 5.69 Å². The highest BCUT2D eigenvalue weighted by Gasteiger charge is 2.48. The number of benzene rings is 1. The first-order chi connectivity index (χ1) is 16.9. The number of H-pyrrole nitrogens is 1. The lowest BCUT2D eigenvalue weighted by Crippen LogP contribution is -2.50. The Hall–Kier alpha value is -3.49. The third-order valence-electron chi connectivity index (χ3n) is 7.17. The van der Waals surface area contributed by atoms with E-state index in [-0.39, 0.29) is 17.7 Å². The zero-order valence-corrected chi connectivity index (χ0v) is 20.3. The van der Waals surface area contributed by atoms with Gasteiger partial charge in [-0.2, -0.15) is 10.2 Å². The zero-order valence-electron chi connectivity index (χ0n) is 20.3. The highest BCUT2D eigenvalue weighted by atomic mass is 19.1. The minimum Gasteiger partial charge on any atom is -0.339 e. The average Bonchev–Trinajstić information content (AvgIpc) is 3.76. The number of halogens is 1. The summed E-state index contributed by atoms with van der Waals surface area (Å²) >= 11 is 0. The van der Waals surface area contributed by atoms with E-state index in [1.807, 2.05) is 20.8 Å². The number of carbonyl (C=O) groups excluding carboxylic acids is 2. The van der Waals surface area contributed by atoms with E-state index in [4.69, 9.17) is 0 Å². The molecule has 0 aliphatic heterocycles. The quantitative estimate of drug-likeness (QED) is 0.428. The third-order valence-corrected chi connectivity index (χ3v) is 7.17. The minimum absolute atomic E-state index is 0.0808. The van der Waals surface area contributed by atoms with Crippen LogP contribution >= 0.6 is 0 Å². The van der Waals surface area contributed by atoms with Gasteiger partial charge in [0, 0.05) is 35.2 Å². The van der Waals surface area contributed by atoms with Gasteiger partial charge in [-0.15, -0.1) is 0 Å². The van der Waals surface area contributed by atoms with Gasteiger partial charge >= 0.3 is 0 Å². The summed E-state index contributed by atoms with van der Waals surface area (Å²) in [6, 6.07) is 5.64. The molecular weight excluding hydrogens is 447 g/mol. The van der Waals surface area contributed by atoms with Crippen molar-refractivity contribution < 1.29 is 14.0 Å². The average molecular weight is 479 g/mol. The molecule has 0 bridgehead atoms. The van der Waals surface area contributed by atoms with Crippen LogP contribution in [-0.4, -0.2) is 37.8 Å². The Kier molecular flexibility index (Phi) is 6.17. The number of rotatable bonds is 9. The molecule has 3 aromatic rings. The molecule has 0 saturated heterocycles. The van der Waals surface area contributed by atoms with Gasteiger partial charge in [-0.25, -0.2) is 4.39 Å². The largest absolute Gasteiger partial charge is 0.339 e. The normalized spacial score (nSPS) is 16.4. The number of aromatic amines is 1. The molecule has 1 atom stereocenters. The van der Waals surface area contributed by atoms with Crippen molar-refractivity contribution in [2.75, 3.05) is 5.32 Å². The van der Waals surface area contributed by atoms with Crippen molar-refractivity contribution in [1.82, 2.24) is 25.3 Å². The van der Waals surface area contributed by atoms with E-state index in [0.717, 1.165) is 36.9 Å². The molecule has 0 spiro atoms. The maximum atomic E-state index is 15.1. The van der Waals surface area contributed by atoms with Crippen LogP contribution in [0.25, 0.3) is 11.1 Å². The molecule has 8 nitrogen and oxygen atoms in total. The van der Waals surface area contributed by atoms with Crippen LogP contribution in [0.5, 0.6) is 0 Å². The molecule has 2 aliphatic rings. The second kappa shape index (κ2) is 9.28. The second-order valence-corrected chi connectivity index (χ2v) is 9.73. The fourth-order valence-corrected chi connectivity index (χ4v) is 5.18. The lowest BCUT2D eigenvalue weighted by Gasteiger charge is -2.27. The van der Waals surface area contributed by atoms with Gasteiger partial charge in [0.15, 0.2) is 0 Å². The first-order valence-electron chi connectivity index (χ1n) is 12.3. The molecule has 0 radical (unpaired) electrons. The van der Waals surface area contributed by atoms with Crippen LogP contribution in [0.15, 0.2) is 30.5 Å². The highest BCUT2D eigenvalue weighted by molar-refractivity contribution is 6.01. The van der Waals surface area contributed by atoms with Crippen molar-refractivity contribution in [2.45, 2.75) is 59.0 Å². The fraction of sp³-hybridized carbons (Fsp3) is 0.462. The van der Waals surface area contributed by atoms with E-state index in [1.165, 1.54) is 6.07 Å². The van der Waals surface area contributed by atoms with Gasteiger partial charge in [-0.05, 0) is 88.5 Å². The minimum atomic E-state index is -0.691. The Morgan fingerprint density at radius 1 is 1.17 bits per heavy atom. The summed E-state index contributed by atoms with van der Waals surface area (Å²) in [5.41, 5.74) is 3.43.